The summed E-state index contributed by atoms with van der Waals surface area (Å²) in [6, 6.07) is 10.4. The van der Waals surface area contributed by atoms with Crippen LogP contribution in [-0.2, 0) is 17.8 Å². The van der Waals surface area contributed by atoms with E-state index in [-0.39, 0.29) is 5.91 Å². The van der Waals surface area contributed by atoms with Gasteiger partial charge < -0.3 is 20.3 Å². The third-order valence-electron chi connectivity index (χ3n) is 4.54. The second-order valence-corrected chi connectivity index (χ2v) is 6.76. The molecule has 0 aromatic heterocycles. The highest BCUT2D eigenvalue weighted by Gasteiger charge is 2.20. The summed E-state index contributed by atoms with van der Waals surface area (Å²) < 4.78 is 5.23. The van der Waals surface area contributed by atoms with Gasteiger partial charge in [-0.15, -0.1) is 0 Å². The summed E-state index contributed by atoms with van der Waals surface area (Å²) in [6.07, 6.45) is 1.32. The molecule has 3 rings (SSSR count). The van der Waals surface area contributed by atoms with Gasteiger partial charge >= 0.3 is 6.03 Å². The molecule has 0 spiro atoms. The van der Waals surface area contributed by atoms with Gasteiger partial charge in [0.15, 0.2) is 0 Å². The molecule has 3 amide bonds. The van der Waals surface area contributed by atoms with E-state index in [2.05, 4.69) is 10.6 Å². The van der Waals surface area contributed by atoms with E-state index >= 15 is 0 Å². The van der Waals surface area contributed by atoms with Crippen molar-refractivity contribution < 1.29 is 14.3 Å². The third kappa shape index (κ3) is 4.52. The van der Waals surface area contributed by atoms with Crippen molar-refractivity contribution in [2.45, 2.75) is 26.3 Å². The molecule has 0 atom stereocenters. The van der Waals surface area contributed by atoms with Crippen LogP contribution in [0.15, 0.2) is 36.4 Å². The fourth-order valence-corrected chi connectivity index (χ4v) is 3.31. The lowest BCUT2D eigenvalue weighted by Gasteiger charge is -2.29. The Labute approximate surface area is 163 Å². The highest BCUT2D eigenvalue weighted by molar-refractivity contribution is 6.31. The number of hydrogen-bond donors (Lipinski definition) is 2. The molecule has 7 heteroatoms. The number of rotatable bonds is 4. The number of hydrogen-bond acceptors (Lipinski definition) is 3. The van der Waals surface area contributed by atoms with E-state index < -0.39 is 6.03 Å². The second-order valence-electron chi connectivity index (χ2n) is 6.33. The predicted molar refractivity (Wildman–Crippen MR) is 106 cm³/mol. The Bertz CT molecular complexity index is 870. The average Bonchev–Trinajstić information content (AvgIpc) is 2.67. The number of carbonyl (C=O) groups is 2. The van der Waals surface area contributed by atoms with E-state index in [9.17, 15) is 9.59 Å². The van der Waals surface area contributed by atoms with E-state index in [0.29, 0.717) is 35.1 Å². The molecule has 2 aromatic carbocycles. The number of urea groups is 1. The predicted octanol–water partition coefficient (Wildman–Crippen LogP) is 4.29. The van der Waals surface area contributed by atoms with Gasteiger partial charge in [0.25, 0.3) is 0 Å². The summed E-state index contributed by atoms with van der Waals surface area (Å²) in [5.74, 6) is 0.665. The number of fused-ring (bicyclic) bond motifs is 1. The molecule has 0 aliphatic carbocycles. The van der Waals surface area contributed by atoms with Crippen molar-refractivity contribution in [3.63, 3.8) is 0 Å². The summed E-state index contributed by atoms with van der Waals surface area (Å²) in [6.45, 7) is 3.17. The molecular weight excluding hydrogens is 366 g/mol. The first kappa shape index (κ1) is 19.0. The normalized spacial score (nSPS) is 12.9. The van der Waals surface area contributed by atoms with Crippen LogP contribution in [-0.4, -0.2) is 30.5 Å². The minimum Gasteiger partial charge on any atom is -0.495 e. The third-order valence-corrected chi connectivity index (χ3v) is 4.78. The highest BCUT2D eigenvalue weighted by atomic mass is 35.5. The molecule has 1 heterocycles. The molecule has 0 bridgehead atoms. The Morgan fingerprint density at radius 3 is 2.70 bits per heavy atom. The molecule has 0 saturated carbocycles. The van der Waals surface area contributed by atoms with Gasteiger partial charge in [-0.05, 0) is 47.9 Å². The van der Waals surface area contributed by atoms with Gasteiger partial charge in [0.2, 0.25) is 5.91 Å². The van der Waals surface area contributed by atoms with E-state index in [0.717, 1.165) is 18.5 Å². The Hall–Kier alpha value is -2.73. The lowest BCUT2D eigenvalue weighted by Crippen LogP contribution is -2.35. The monoisotopic (exact) mass is 387 g/mol. The minimum atomic E-state index is -0.396. The van der Waals surface area contributed by atoms with Crippen LogP contribution in [0.1, 0.15) is 24.5 Å². The zero-order chi connectivity index (χ0) is 19.4. The number of methoxy groups -OCH3 is 1. The first-order valence-electron chi connectivity index (χ1n) is 8.81. The minimum absolute atomic E-state index is 0.143. The number of amides is 3. The molecule has 1 aliphatic rings. The lowest BCUT2D eigenvalue weighted by molar-refractivity contribution is -0.131. The van der Waals surface area contributed by atoms with E-state index in [1.807, 2.05) is 30.0 Å². The standard InChI is InChI=1S/C20H22ClN3O3/c1-3-19(25)24-9-8-13-4-6-16(10-14(13)12-24)22-20(26)23-17-11-15(21)5-7-18(17)27-2/h4-7,10-11H,3,8-9,12H2,1-2H3,(H2,22,23,26). The fourth-order valence-electron chi connectivity index (χ4n) is 3.13. The average molecular weight is 388 g/mol. The Morgan fingerprint density at radius 2 is 1.96 bits per heavy atom. The van der Waals surface area contributed by atoms with Crippen LogP contribution < -0.4 is 15.4 Å². The van der Waals surface area contributed by atoms with E-state index in [1.54, 1.807) is 18.2 Å². The van der Waals surface area contributed by atoms with Crippen LogP contribution in [0.25, 0.3) is 0 Å². The molecule has 2 aromatic rings. The van der Waals surface area contributed by atoms with Crippen molar-refractivity contribution in [2.75, 3.05) is 24.3 Å². The van der Waals surface area contributed by atoms with Crippen LogP contribution in [0, 0.1) is 0 Å². The van der Waals surface area contributed by atoms with Crippen molar-refractivity contribution in [2.24, 2.45) is 0 Å². The van der Waals surface area contributed by atoms with Crippen molar-refractivity contribution in [1.82, 2.24) is 4.90 Å². The van der Waals surface area contributed by atoms with Gasteiger partial charge in [-0.2, -0.15) is 0 Å². The number of halogens is 1. The maximum Gasteiger partial charge on any atom is 0.323 e. The quantitative estimate of drug-likeness (QED) is 0.822. The number of ether oxygens (including phenoxy) is 1. The van der Waals surface area contributed by atoms with Crippen LogP contribution in [0.4, 0.5) is 16.2 Å². The topological polar surface area (TPSA) is 70.7 Å². The highest BCUT2D eigenvalue weighted by Crippen LogP contribution is 2.28. The molecule has 27 heavy (non-hydrogen) atoms. The maximum atomic E-state index is 12.4. The number of benzene rings is 2. The summed E-state index contributed by atoms with van der Waals surface area (Å²) in [4.78, 5) is 26.2. The van der Waals surface area contributed by atoms with Crippen molar-refractivity contribution in [3.8, 4) is 5.75 Å². The Morgan fingerprint density at radius 1 is 1.15 bits per heavy atom. The SMILES string of the molecule is CCC(=O)N1CCc2ccc(NC(=O)Nc3cc(Cl)ccc3OC)cc2C1. The molecule has 6 nitrogen and oxygen atoms in total. The number of carbonyl (C=O) groups excluding carboxylic acids is 2. The summed E-state index contributed by atoms with van der Waals surface area (Å²) in [7, 11) is 1.53. The summed E-state index contributed by atoms with van der Waals surface area (Å²) >= 11 is 5.99. The molecule has 0 saturated heterocycles. The summed E-state index contributed by atoms with van der Waals surface area (Å²) in [5, 5.41) is 6.06. The van der Waals surface area contributed by atoms with Crippen LogP contribution >= 0.6 is 11.6 Å². The zero-order valence-electron chi connectivity index (χ0n) is 15.3. The van der Waals surface area contributed by atoms with E-state index in [4.69, 9.17) is 16.3 Å². The van der Waals surface area contributed by atoms with Gasteiger partial charge in [-0.1, -0.05) is 24.6 Å². The second kappa shape index (κ2) is 8.31. The Balaban J connectivity index is 1.71. The number of anilines is 2. The number of nitrogens with zero attached hydrogens (tertiary/aromatic N) is 1. The molecule has 0 radical (unpaired) electrons. The molecule has 0 fully saturated rings. The smallest absolute Gasteiger partial charge is 0.323 e. The van der Waals surface area contributed by atoms with Crippen LogP contribution in [0.2, 0.25) is 5.02 Å². The fraction of sp³-hybridized carbons (Fsp3) is 0.300. The van der Waals surface area contributed by atoms with Gasteiger partial charge in [0, 0.05) is 30.2 Å². The molecule has 1 aliphatic heterocycles. The van der Waals surface area contributed by atoms with Gasteiger partial charge in [-0.25, -0.2) is 4.79 Å². The van der Waals surface area contributed by atoms with Crippen molar-refractivity contribution in [3.05, 3.63) is 52.5 Å². The first-order valence-corrected chi connectivity index (χ1v) is 9.19. The molecule has 0 unspecified atom stereocenters. The van der Waals surface area contributed by atoms with Crippen LogP contribution in [0.5, 0.6) is 5.75 Å². The Kier molecular flexibility index (Phi) is 5.86. The van der Waals surface area contributed by atoms with Gasteiger partial charge in [-0.3, -0.25) is 4.79 Å². The lowest BCUT2D eigenvalue weighted by atomic mass is 9.99. The largest absolute Gasteiger partial charge is 0.495 e. The summed E-state index contributed by atoms with van der Waals surface area (Å²) in [5.41, 5.74) is 3.41. The first-order chi connectivity index (χ1) is 13.0. The van der Waals surface area contributed by atoms with E-state index in [1.165, 1.54) is 12.7 Å². The molecule has 142 valence electrons. The van der Waals surface area contributed by atoms with Gasteiger partial charge in [0.05, 0.1) is 12.8 Å². The molecular formula is C20H22ClN3O3. The van der Waals surface area contributed by atoms with Crippen molar-refractivity contribution in [1.29, 1.82) is 0 Å². The van der Waals surface area contributed by atoms with Gasteiger partial charge in [0.1, 0.15) is 5.75 Å². The molecule has 2 N–H and O–H groups in total. The maximum absolute atomic E-state index is 12.4. The van der Waals surface area contributed by atoms with Crippen LogP contribution in [0.3, 0.4) is 0 Å². The van der Waals surface area contributed by atoms with Crippen molar-refractivity contribution >= 4 is 34.9 Å². The zero-order valence-corrected chi connectivity index (χ0v) is 16.1. The number of nitrogens with one attached hydrogen (secondary N) is 2.